The van der Waals surface area contributed by atoms with Crippen LogP contribution in [0.3, 0.4) is 0 Å². The van der Waals surface area contributed by atoms with E-state index in [9.17, 15) is 22.0 Å². The second-order valence-electron chi connectivity index (χ2n) is 12.3. The lowest BCUT2D eigenvalue weighted by atomic mass is 9.81. The first-order valence-corrected chi connectivity index (χ1v) is 16.2. The van der Waals surface area contributed by atoms with E-state index in [-0.39, 0.29) is 31.8 Å². The number of rotatable bonds is 8. The highest BCUT2D eigenvalue weighted by molar-refractivity contribution is 7.92. The third-order valence-corrected chi connectivity index (χ3v) is 10.9. The monoisotopic (exact) mass is 588 g/mol. The van der Waals surface area contributed by atoms with Crippen LogP contribution in [0.2, 0.25) is 0 Å². The second-order valence-corrected chi connectivity index (χ2v) is 14.2. The van der Waals surface area contributed by atoms with Crippen LogP contribution in [0.1, 0.15) is 54.4 Å². The molecule has 2 aromatic rings. The minimum Gasteiger partial charge on any atom is -0.395 e. The van der Waals surface area contributed by atoms with Crippen LogP contribution in [0.25, 0.3) is 0 Å². The molecule has 0 aromatic heterocycles. The molecule has 2 heterocycles. The summed E-state index contributed by atoms with van der Waals surface area (Å²) in [5.74, 6) is -2.22. The fourth-order valence-corrected chi connectivity index (χ4v) is 8.16. The highest BCUT2D eigenvalue weighted by Gasteiger charge is 2.60. The lowest BCUT2D eigenvalue weighted by Gasteiger charge is -2.40. The number of amides is 1. The normalized spacial score (nSPS) is 24.4. The molecule has 2 aliphatic carbocycles. The molecule has 0 unspecified atom stereocenters. The lowest BCUT2D eigenvalue weighted by molar-refractivity contribution is -0.0220. The quantitative estimate of drug-likeness (QED) is 0.408. The van der Waals surface area contributed by atoms with Gasteiger partial charge in [0.05, 0.1) is 29.3 Å². The number of aliphatic hydroxyl groups is 1. The maximum absolute atomic E-state index is 13.8. The van der Waals surface area contributed by atoms with Crippen molar-refractivity contribution in [3.8, 4) is 0 Å². The van der Waals surface area contributed by atoms with Crippen molar-refractivity contribution >= 4 is 38.7 Å². The molecule has 6 rings (SSSR count). The predicted octanol–water partition coefficient (Wildman–Crippen LogP) is 4.84. The Balaban J connectivity index is 1.27. The molecule has 2 saturated carbocycles. The SMILES string of the molecule is Cc1cc(NC(=O)c2ccc(NS(=O)(=O)CCO)cc2N2C[C@H]3CC[C@@H](C2)C32CC2)cc(N2CCC(F)(F)CC2)c1. The van der Waals surface area contributed by atoms with Gasteiger partial charge >= 0.3 is 0 Å². The summed E-state index contributed by atoms with van der Waals surface area (Å²) in [6.07, 6.45) is 4.52. The number of aryl methyl sites for hydroxylation is 1. The molecule has 41 heavy (non-hydrogen) atoms. The van der Waals surface area contributed by atoms with Crippen molar-refractivity contribution in [2.45, 2.75) is 51.4 Å². The van der Waals surface area contributed by atoms with Gasteiger partial charge in [-0.15, -0.1) is 0 Å². The smallest absolute Gasteiger partial charge is 0.257 e. The van der Waals surface area contributed by atoms with Crippen molar-refractivity contribution in [2.24, 2.45) is 17.3 Å². The molecule has 0 radical (unpaired) electrons. The summed E-state index contributed by atoms with van der Waals surface area (Å²) in [5, 5.41) is 12.2. The van der Waals surface area contributed by atoms with Crippen molar-refractivity contribution in [2.75, 3.05) is 58.4 Å². The first-order valence-electron chi connectivity index (χ1n) is 14.5. The first-order chi connectivity index (χ1) is 19.5. The Morgan fingerprint density at radius 2 is 1.66 bits per heavy atom. The molecule has 3 N–H and O–H groups in total. The Labute approximate surface area is 240 Å². The zero-order valence-electron chi connectivity index (χ0n) is 23.3. The summed E-state index contributed by atoms with van der Waals surface area (Å²) in [6.45, 7) is 3.59. The largest absolute Gasteiger partial charge is 0.395 e. The average Bonchev–Trinajstić information content (AvgIpc) is 3.65. The van der Waals surface area contributed by atoms with Gasteiger partial charge in [-0.25, -0.2) is 17.2 Å². The number of hydrogen-bond acceptors (Lipinski definition) is 6. The number of aliphatic hydroxyl groups excluding tert-OH is 1. The minimum absolute atomic E-state index is 0.195. The molecular formula is C30H38F2N4O4S. The Morgan fingerprint density at radius 1 is 0.976 bits per heavy atom. The Hall–Kier alpha value is -2.92. The average molecular weight is 589 g/mol. The summed E-state index contributed by atoms with van der Waals surface area (Å²) in [7, 11) is -3.73. The Bertz CT molecular complexity index is 1420. The third-order valence-electron chi connectivity index (χ3n) is 9.60. The highest BCUT2D eigenvalue weighted by Crippen LogP contribution is 2.66. The predicted molar refractivity (Wildman–Crippen MR) is 157 cm³/mol. The summed E-state index contributed by atoms with van der Waals surface area (Å²) in [6, 6.07) is 10.6. The van der Waals surface area contributed by atoms with Crippen molar-refractivity contribution in [3.05, 3.63) is 47.5 Å². The number of hydrogen-bond donors (Lipinski definition) is 3. The van der Waals surface area contributed by atoms with E-state index in [0.717, 1.165) is 24.3 Å². The van der Waals surface area contributed by atoms with Crippen LogP contribution >= 0.6 is 0 Å². The van der Waals surface area contributed by atoms with E-state index in [1.165, 1.54) is 25.7 Å². The van der Waals surface area contributed by atoms with E-state index < -0.39 is 28.3 Å². The molecule has 222 valence electrons. The van der Waals surface area contributed by atoms with Crippen LogP contribution in [-0.4, -0.2) is 63.9 Å². The van der Waals surface area contributed by atoms with Gasteiger partial charge in [0.15, 0.2) is 0 Å². The van der Waals surface area contributed by atoms with E-state index in [1.807, 2.05) is 30.0 Å². The van der Waals surface area contributed by atoms with Gasteiger partial charge in [-0.05, 0) is 91.8 Å². The van der Waals surface area contributed by atoms with E-state index >= 15 is 0 Å². The molecule has 2 atom stereocenters. The Morgan fingerprint density at radius 3 is 2.29 bits per heavy atom. The van der Waals surface area contributed by atoms with E-state index in [0.29, 0.717) is 39.9 Å². The molecule has 4 fully saturated rings. The van der Waals surface area contributed by atoms with E-state index in [1.54, 1.807) is 18.2 Å². The summed E-state index contributed by atoms with van der Waals surface area (Å²) >= 11 is 0. The van der Waals surface area contributed by atoms with Crippen molar-refractivity contribution in [1.82, 2.24) is 0 Å². The molecule has 1 spiro atoms. The van der Waals surface area contributed by atoms with E-state index in [2.05, 4.69) is 14.9 Å². The van der Waals surface area contributed by atoms with Crippen LogP contribution in [-0.2, 0) is 10.0 Å². The van der Waals surface area contributed by atoms with Crippen molar-refractivity contribution in [3.63, 3.8) is 0 Å². The second kappa shape index (κ2) is 10.4. The van der Waals surface area contributed by atoms with Gasteiger partial charge < -0.3 is 20.2 Å². The number of carbonyl (C=O) groups excluding carboxylic acids is 1. The lowest BCUT2D eigenvalue weighted by Crippen LogP contribution is -2.43. The number of halogens is 2. The fourth-order valence-electron chi connectivity index (χ4n) is 7.33. The summed E-state index contributed by atoms with van der Waals surface area (Å²) < 4.78 is 54.7. The molecule has 2 saturated heterocycles. The molecule has 2 bridgehead atoms. The van der Waals surface area contributed by atoms with Crippen LogP contribution in [0, 0.1) is 24.2 Å². The number of nitrogens with zero attached hydrogens (tertiary/aromatic N) is 2. The zero-order chi connectivity index (χ0) is 29.0. The number of sulfonamides is 1. The summed E-state index contributed by atoms with van der Waals surface area (Å²) in [5.41, 5.74) is 4.22. The van der Waals surface area contributed by atoms with Gasteiger partial charge in [-0.3, -0.25) is 9.52 Å². The molecule has 2 aliphatic heterocycles. The van der Waals surface area contributed by atoms with Gasteiger partial charge in [0.1, 0.15) is 0 Å². The van der Waals surface area contributed by atoms with Gasteiger partial charge in [-0.2, -0.15) is 0 Å². The molecule has 1 amide bonds. The molecule has 4 aliphatic rings. The topological polar surface area (TPSA) is 102 Å². The Kier molecular flexibility index (Phi) is 7.17. The molecule has 8 nitrogen and oxygen atoms in total. The number of piperidine rings is 2. The maximum atomic E-state index is 13.8. The van der Waals surface area contributed by atoms with Gasteiger partial charge in [0.25, 0.3) is 11.8 Å². The van der Waals surface area contributed by atoms with Gasteiger partial charge in [-0.1, -0.05) is 0 Å². The van der Waals surface area contributed by atoms with E-state index in [4.69, 9.17) is 5.11 Å². The number of anilines is 4. The van der Waals surface area contributed by atoms with Crippen LogP contribution in [0.4, 0.5) is 31.5 Å². The van der Waals surface area contributed by atoms with Crippen molar-refractivity contribution < 1.29 is 27.1 Å². The number of nitrogens with one attached hydrogen (secondary N) is 2. The molecule has 2 aromatic carbocycles. The molecule has 11 heteroatoms. The van der Waals surface area contributed by atoms with Crippen LogP contribution in [0.5, 0.6) is 0 Å². The van der Waals surface area contributed by atoms with Crippen LogP contribution < -0.4 is 19.8 Å². The first kappa shape index (κ1) is 28.2. The number of carbonyl (C=O) groups is 1. The van der Waals surface area contributed by atoms with Crippen LogP contribution in [0.15, 0.2) is 36.4 Å². The van der Waals surface area contributed by atoms with Crippen molar-refractivity contribution in [1.29, 1.82) is 0 Å². The fraction of sp³-hybridized carbons (Fsp3) is 0.567. The maximum Gasteiger partial charge on any atom is 0.257 e. The number of benzene rings is 2. The van der Waals surface area contributed by atoms with Gasteiger partial charge in [0.2, 0.25) is 10.0 Å². The zero-order valence-corrected chi connectivity index (χ0v) is 24.2. The minimum atomic E-state index is -3.73. The molecular weight excluding hydrogens is 550 g/mol. The third kappa shape index (κ3) is 5.75. The highest BCUT2D eigenvalue weighted by atomic mass is 32.2. The number of alkyl halides is 2. The standard InChI is InChI=1S/C30H38F2N4O4S/c1-20-14-24(16-25(15-20)35-10-8-30(31,32)9-11-35)33-28(38)26-5-4-23(34-41(39,40)13-12-37)17-27(26)36-18-21-2-3-22(19-36)29(21)6-7-29/h4-5,14-17,21-22,34,37H,2-3,6-13,18-19H2,1H3,(H,33,38)/t21-,22+. The summed E-state index contributed by atoms with van der Waals surface area (Å²) in [4.78, 5) is 17.9. The van der Waals surface area contributed by atoms with Gasteiger partial charge in [0, 0.05) is 50.4 Å².